The molecule has 0 unspecified atom stereocenters. The van der Waals surface area contributed by atoms with E-state index in [9.17, 15) is 4.79 Å². The second-order valence-electron chi connectivity index (χ2n) is 3.40. The van der Waals surface area contributed by atoms with Gasteiger partial charge in [0.15, 0.2) is 0 Å². The predicted molar refractivity (Wildman–Crippen MR) is 45.1 cm³/mol. The smallest absolute Gasteiger partial charge is 0.263 e. The van der Waals surface area contributed by atoms with E-state index in [0.29, 0.717) is 13.2 Å². The molecule has 0 radical (unpaired) electrons. The van der Waals surface area contributed by atoms with Crippen LogP contribution in [0, 0.1) is 5.92 Å². The maximum absolute atomic E-state index is 11.5. The number of carbonyl (C=O) groups is 1. The molecule has 1 rings (SSSR count). The number of hydrogen-bond donors (Lipinski definition) is 1. The van der Waals surface area contributed by atoms with Crippen LogP contribution in [-0.2, 0) is 9.63 Å². The summed E-state index contributed by atoms with van der Waals surface area (Å²) in [5.41, 5.74) is 5.67. The van der Waals surface area contributed by atoms with Gasteiger partial charge in [-0.05, 0) is 12.3 Å². The second kappa shape index (κ2) is 3.87. The maximum Gasteiger partial charge on any atom is 0.263 e. The summed E-state index contributed by atoms with van der Waals surface area (Å²) in [6.07, 6.45) is 0.913. The first-order valence-corrected chi connectivity index (χ1v) is 4.33. The van der Waals surface area contributed by atoms with E-state index in [1.165, 1.54) is 5.06 Å². The van der Waals surface area contributed by atoms with E-state index in [1.807, 2.05) is 13.8 Å². The molecular formula is C8H16N2O2. The molecule has 2 N–H and O–H groups in total. The number of nitrogens with zero attached hydrogens (tertiary/aromatic N) is 1. The second-order valence-corrected chi connectivity index (χ2v) is 3.40. The molecule has 1 atom stereocenters. The van der Waals surface area contributed by atoms with Crippen LogP contribution in [-0.4, -0.2) is 30.2 Å². The first-order chi connectivity index (χ1) is 5.63. The molecule has 1 aliphatic heterocycles. The minimum Gasteiger partial charge on any atom is -0.320 e. The Labute approximate surface area is 72.6 Å². The van der Waals surface area contributed by atoms with E-state index in [2.05, 4.69) is 0 Å². The average Bonchev–Trinajstić information content (AvgIpc) is 2.53. The SMILES string of the molecule is CC(C)[C@H](N)C(=O)N1CCCO1. The number of amides is 1. The molecule has 1 saturated heterocycles. The summed E-state index contributed by atoms with van der Waals surface area (Å²) >= 11 is 0. The van der Waals surface area contributed by atoms with Crippen molar-refractivity contribution >= 4 is 5.91 Å². The van der Waals surface area contributed by atoms with Crippen LogP contribution in [0.3, 0.4) is 0 Å². The summed E-state index contributed by atoms with van der Waals surface area (Å²) < 4.78 is 0. The van der Waals surface area contributed by atoms with Gasteiger partial charge >= 0.3 is 0 Å². The van der Waals surface area contributed by atoms with E-state index in [-0.39, 0.29) is 11.8 Å². The van der Waals surface area contributed by atoms with Gasteiger partial charge in [0.25, 0.3) is 5.91 Å². The van der Waals surface area contributed by atoms with Crippen molar-refractivity contribution in [2.45, 2.75) is 26.3 Å². The van der Waals surface area contributed by atoms with Gasteiger partial charge in [-0.1, -0.05) is 13.8 Å². The molecule has 0 spiro atoms. The largest absolute Gasteiger partial charge is 0.320 e. The molecule has 4 heteroatoms. The van der Waals surface area contributed by atoms with Crippen LogP contribution < -0.4 is 5.73 Å². The summed E-state index contributed by atoms with van der Waals surface area (Å²) in [6, 6.07) is -0.428. The summed E-state index contributed by atoms with van der Waals surface area (Å²) in [5, 5.41) is 1.38. The van der Waals surface area contributed by atoms with Gasteiger partial charge < -0.3 is 5.73 Å². The minimum absolute atomic E-state index is 0.0949. The van der Waals surface area contributed by atoms with Crippen molar-refractivity contribution in [2.75, 3.05) is 13.2 Å². The number of hydrogen-bond acceptors (Lipinski definition) is 3. The highest BCUT2D eigenvalue weighted by atomic mass is 16.7. The lowest BCUT2D eigenvalue weighted by atomic mass is 10.1. The third-order valence-electron chi connectivity index (χ3n) is 2.00. The van der Waals surface area contributed by atoms with Crippen molar-refractivity contribution in [3.05, 3.63) is 0 Å². The molecule has 1 fully saturated rings. The highest BCUT2D eigenvalue weighted by Gasteiger charge is 2.26. The molecular weight excluding hydrogens is 156 g/mol. The normalized spacial score (nSPS) is 20.2. The molecule has 0 aromatic carbocycles. The highest BCUT2D eigenvalue weighted by molar-refractivity contribution is 5.81. The molecule has 12 heavy (non-hydrogen) atoms. The summed E-state index contributed by atoms with van der Waals surface area (Å²) in [5.74, 6) is 0.0733. The maximum atomic E-state index is 11.5. The summed E-state index contributed by atoms with van der Waals surface area (Å²) in [6.45, 7) is 5.17. The van der Waals surface area contributed by atoms with Gasteiger partial charge in [0, 0.05) is 0 Å². The highest BCUT2D eigenvalue weighted by Crippen LogP contribution is 2.09. The fraction of sp³-hybridized carbons (Fsp3) is 0.875. The monoisotopic (exact) mass is 172 g/mol. The lowest BCUT2D eigenvalue weighted by Gasteiger charge is -2.20. The lowest BCUT2D eigenvalue weighted by molar-refractivity contribution is -0.171. The van der Waals surface area contributed by atoms with E-state index in [1.54, 1.807) is 0 Å². The zero-order valence-electron chi connectivity index (χ0n) is 7.62. The lowest BCUT2D eigenvalue weighted by Crippen LogP contribution is -2.44. The van der Waals surface area contributed by atoms with E-state index in [0.717, 1.165) is 6.42 Å². The third kappa shape index (κ3) is 1.95. The van der Waals surface area contributed by atoms with E-state index < -0.39 is 6.04 Å². The Morgan fingerprint density at radius 3 is 2.67 bits per heavy atom. The van der Waals surface area contributed by atoms with Crippen LogP contribution in [0.2, 0.25) is 0 Å². The zero-order chi connectivity index (χ0) is 9.14. The number of nitrogens with two attached hydrogens (primary N) is 1. The molecule has 1 aliphatic rings. The molecule has 4 nitrogen and oxygen atoms in total. The Morgan fingerprint density at radius 2 is 2.25 bits per heavy atom. The van der Waals surface area contributed by atoms with Gasteiger partial charge in [0.1, 0.15) is 0 Å². The minimum atomic E-state index is -0.428. The van der Waals surface area contributed by atoms with Crippen LogP contribution in [0.5, 0.6) is 0 Å². The van der Waals surface area contributed by atoms with Crippen molar-refractivity contribution in [1.82, 2.24) is 5.06 Å². The van der Waals surface area contributed by atoms with E-state index in [4.69, 9.17) is 10.6 Å². The zero-order valence-corrected chi connectivity index (χ0v) is 7.62. The van der Waals surface area contributed by atoms with Gasteiger partial charge in [0.2, 0.25) is 0 Å². The van der Waals surface area contributed by atoms with Gasteiger partial charge in [-0.25, -0.2) is 5.06 Å². The number of rotatable bonds is 2. The standard InChI is InChI=1S/C8H16N2O2/c1-6(2)7(9)8(11)10-4-3-5-12-10/h6-7H,3-5,9H2,1-2H3/t7-/m0/s1. The Morgan fingerprint density at radius 1 is 1.58 bits per heavy atom. The fourth-order valence-corrected chi connectivity index (χ4v) is 1.07. The molecule has 70 valence electrons. The Balaban J connectivity index is 2.45. The first-order valence-electron chi connectivity index (χ1n) is 4.33. The number of carbonyl (C=O) groups excluding carboxylic acids is 1. The van der Waals surface area contributed by atoms with Crippen LogP contribution in [0.15, 0.2) is 0 Å². The van der Waals surface area contributed by atoms with Crippen molar-refractivity contribution in [3.8, 4) is 0 Å². The predicted octanol–water partition coefficient (Wildman–Crippen LogP) is 0.134. The summed E-state index contributed by atoms with van der Waals surface area (Å²) in [7, 11) is 0. The van der Waals surface area contributed by atoms with Gasteiger partial charge in [-0.3, -0.25) is 9.63 Å². The third-order valence-corrected chi connectivity index (χ3v) is 2.00. The fourth-order valence-electron chi connectivity index (χ4n) is 1.07. The topological polar surface area (TPSA) is 55.6 Å². The van der Waals surface area contributed by atoms with Crippen LogP contribution in [0.1, 0.15) is 20.3 Å². The molecule has 0 bridgehead atoms. The Hall–Kier alpha value is -0.610. The molecule has 0 aromatic heterocycles. The molecule has 0 aliphatic carbocycles. The summed E-state index contributed by atoms with van der Waals surface area (Å²) in [4.78, 5) is 16.6. The Kier molecular flexibility index (Phi) is 3.05. The first kappa shape index (κ1) is 9.48. The van der Waals surface area contributed by atoms with Crippen molar-refractivity contribution in [3.63, 3.8) is 0 Å². The van der Waals surface area contributed by atoms with Crippen LogP contribution >= 0.6 is 0 Å². The average molecular weight is 172 g/mol. The molecule has 1 heterocycles. The van der Waals surface area contributed by atoms with Crippen LogP contribution in [0.4, 0.5) is 0 Å². The quantitative estimate of drug-likeness (QED) is 0.644. The van der Waals surface area contributed by atoms with Crippen LogP contribution in [0.25, 0.3) is 0 Å². The van der Waals surface area contributed by atoms with Gasteiger partial charge in [0.05, 0.1) is 19.2 Å². The van der Waals surface area contributed by atoms with Gasteiger partial charge in [-0.2, -0.15) is 0 Å². The van der Waals surface area contributed by atoms with Crippen molar-refractivity contribution < 1.29 is 9.63 Å². The molecule has 0 saturated carbocycles. The van der Waals surface area contributed by atoms with Gasteiger partial charge in [-0.15, -0.1) is 0 Å². The Bertz CT molecular complexity index is 160. The molecule has 0 aromatic rings. The van der Waals surface area contributed by atoms with Crippen molar-refractivity contribution in [1.29, 1.82) is 0 Å². The number of hydroxylamine groups is 2. The molecule has 1 amide bonds. The van der Waals surface area contributed by atoms with E-state index >= 15 is 0 Å². The van der Waals surface area contributed by atoms with Crippen molar-refractivity contribution in [2.24, 2.45) is 11.7 Å².